The summed E-state index contributed by atoms with van der Waals surface area (Å²) < 4.78 is 5.46. The average Bonchev–Trinajstić information content (AvgIpc) is 3.18. The normalized spacial score (nSPS) is 15.0. The monoisotopic (exact) mass is 398 g/mol. The minimum Gasteiger partial charge on any atom is -0.381 e. The van der Waals surface area contributed by atoms with Crippen LogP contribution in [0.1, 0.15) is 34.7 Å². The number of hydrogen-bond acceptors (Lipinski definition) is 4. The molecule has 27 heavy (non-hydrogen) atoms. The number of aromatic nitrogens is 1. The molecule has 6 heteroatoms. The van der Waals surface area contributed by atoms with Gasteiger partial charge >= 0.3 is 0 Å². The van der Waals surface area contributed by atoms with Crippen molar-refractivity contribution < 1.29 is 9.53 Å². The molecule has 1 aliphatic rings. The summed E-state index contributed by atoms with van der Waals surface area (Å²) in [4.78, 5) is 16.7. The third-order valence-electron chi connectivity index (χ3n) is 4.89. The number of benzene rings is 2. The molecule has 0 atom stereocenters. The molecule has 4 rings (SSSR count). The highest BCUT2D eigenvalue weighted by Crippen LogP contribution is 2.36. The van der Waals surface area contributed by atoms with Crippen LogP contribution in [-0.4, -0.2) is 24.1 Å². The summed E-state index contributed by atoms with van der Waals surface area (Å²) in [5.74, 6) is -0.0135. The highest BCUT2D eigenvalue weighted by atomic mass is 35.5. The van der Waals surface area contributed by atoms with Gasteiger partial charge in [0.1, 0.15) is 5.01 Å². The molecule has 0 saturated carbocycles. The Morgan fingerprint density at radius 3 is 2.67 bits per heavy atom. The Morgan fingerprint density at radius 1 is 1.15 bits per heavy atom. The van der Waals surface area contributed by atoms with Crippen molar-refractivity contribution in [2.75, 3.05) is 13.2 Å². The molecule has 0 radical (unpaired) electrons. The van der Waals surface area contributed by atoms with E-state index >= 15 is 0 Å². The molecule has 1 amide bonds. The van der Waals surface area contributed by atoms with Gasteiger partial charge in [-0.05, 0) is 42.5 Å². The standard InChI is InChI=1S/C21H19ClN2O2S/c22-18-4-2-1-3-16(18)19-12-27-21(24-19)17-11-14(5-6-15(17)20(23)25)13-7-9-26-10-8-13/h1-6,11-13H,7-10H2,(H2,23,25). The van der Waals surface area contributed by atoms with Crippen LogP contribution < -0.4 is 5.73 Å². The zero-order valence-corrected chi connectivity index (χ0v) is 16.2. The van der Waals surface area contributed by atoms with Crippen LogP contribution >= 0.6 is 22.9 Å². The fraction of sp³-hybridized carbons (Fsp3) is 0.238. The molecule has 2 aromatic carbocycles. The topological polar surface area (TPSA) is 65.2 Å². The van der Waals surface area contributed by atoms with E-state index in [1.807, 2.05) is 41.8 Å². The number of thiazole rings is 1. The summed E-state index contributed by atoms with van der Waals surface area (Å²) >= 11 is 7.79. The van der Waals surface area contributed by atoms with Crippen molar-refractivity contribution in [1.29, 1.82) is 0 Å². The van der Waals surface area contributed by atoms with Crippen LogP contribution in [0.3, 0.4) is 0 Å². The minimum absolute atomic E-state index is 0.433. The fourth-order valence-corrected chi connectivity index (χ4v) is 4.51. The van der Waals surface area contributed by atoms with Gasteiger partial charge in [-0.3, -0.25) is 4.79 Å². The highest BCUT2D eigenvalue weighted by molar-refractivity contribution is 7.13. The van der Waals surface area contributed by atoms with Gasteiger partial charge in [-0.1, -0.05) is 35.9 Å². The third kappa shape index (κ3) is 3.76. The van der Waals surface area contributed by atoms with Crippen LogP contribution in [-0.2, 0) is 4.74 Å². The zero-order chi connectivity index (χ0) is 18.8. The number of amides is 1. The molecular formula is C21H19ClN2O2S. The van der Waals surface area contributed by atoms with E-state index in [1.165, 1.54) is 16.9 Å². The quantitative estimate of drug-likeness (QED) is 0.663. The van der Waals surface area contributed by atoms with E-state index in [1.54, 1.807) is 0 Å². The summed E-state index contributed by atoms with van der Waals surface area (Å²) in [6.45, 7) is 1.54. The van der Waals surface area contributed by atoms with E-state index < -0.39 is 5.91 Å². The van der Waals surface area contributed by atoms with Crippen LogP contribution in [0.5, 0.6) is 0 Å². The minimum atomic E-state index is -0.446. The lowest BCUT2D eigenvalue weighted by Crippen LogP contribution is -2.16. The number of primary amides is 1. The van der Waals surface area contributed by atoms with Gasteiger partial charge in [-0.15, -0.1) is 11.3 Å². The number of nitrogens with two attached hydrogens (primary N) is 1. The smallest absolute Gasteiger partial charge is 0.249 e. The molecule has 4 nitrogen and oxygen atoms in total. The molecule has 3 aromatic rings. The Kier molecular flexibility index (Phi) is 5.25. The Labute approximate surface area is 167 Å². The number of rotatable bonds is 4. The maximum absolute atomic E-state index is 12.0. The summed E-state index contributed by atoms with van der Waals surface area (Å²) in [7, 11) is 0. The predicted molar refractivity (Wildman–Crippen MR) is 109 cm³/mol. The van der Waals surface area contributed by atoms with Crippen molar-refractivity contribution in [3.8, 4) is 21.8 Å². The number of ether oxygens (including phenoxy) is 1. The van der Waals surface area contributed by atoms with E-state index in [0.29, 0.717) is 16.5 Å². The number of carbonyl (C=O) groups excluding carboxylic acids is 1. The maximum atomic E-state index is 12.0. The van der Waals surface area contributed by atoms with E-state index in [2.05, 4.69) is 6.07 Å². The lowest BCUT2D eigenvalue weighted by Gasteiger charge is -2.23. The Balaban J connectivity index is 1.75. The Hall–Kier alpha value is -2.21. The molecular weight excluding hydrogens is 380 g/mol. The zero-order valence-electron chi connectivity index (χ0n) is 14.7. The number of nitrogens with zero attached hydrogens (tertiary/aromatic N) is 1. The molecule has 2 N–H and O–H groups in total. The first-order valence-corrected chi connectivity index (χ1v) is 10.1. The van der Waals surface area contributed by atoms with E-state index in [0.717, 1.165) is 47.9 Å². The van der Waals surface area contributed by atoms with Gasteiger partial charge < -0.3 is 10.5 Å². The van der Waals surface area contributed by atoms with Crippen LogP contribution in [0.4, 0.5) is 0 Å². The van der Waals surface area contributed by atoms with E-state index in [4.69, 9.17) is 27.1 Å². The van der Waals surface area contributed by atoms with Crippen LogP contribution in [0.15, 0.2) is 47.8 Å². The molecule has 138 valence electrons. The number of halogens is 1. The highest BCUT2D eigenvalue weighted by Gasteiger charge is 2.20. The second-order valence-corrected chi connectivity index (χ2v) is 7.84. The van der Waals surface area contributed by atoms with Gasteiger partial charge in [-0.2, -0.15) is 0 Å². The van der Waals surface area contributed by atoms with Crippen molar-refractivity contribution in [3.05, 3.63) is 64.0 Å². The fourth-order valence-electron chi connectivity index (χ4n) is 3.43. The van der Waals surface area contributed by atoms with Crippen LogP contribution in [0, 0.1) is 0 Å². The van der Waals surface area contributed by atoms with Crippen molar-refractivity contribution in [1.82, 2.24) is 4.98 Å². The summed E-state index contributed by atoms with van der Waals surface area (Å²) in [5, 5.41) is 3.38. The molecule has 2 heterocycles. The molecule has 0 unspecified atom stereocenters. The van der Waals surface area contributed by atoms with Crippen molar-refractivity contribution in [3.63, 3.8) is 0 Å². The molecule has 0 spiro atoms. The third-order valence-corrected chi connectivity index (χ3v) is 6.09. The van der Waals surface area contributed by atoms with Crippen LogP contribution in [0.2, 0.25) is 5.02 Å². The molecule has 1 aromatic heterocycles. The summed E-state index contributed by atoms with van der Waals surface area (Å²) in [6, 6.07) is 13.5. The number of carbonyl (C=O) groups is 1. The van der Waals surface area contributed by atoms with E-state index in [-0.39, 0.29) is 0 Å². The van der Waals surface area contributed by atoms with Crippen molar-refractivity contribution >= 4 is 28.8 Å². The molecule has 1 aliphatic heterocycles. The predicted octanol–water partition coefficient (Wildman–Crippen LogP) is 5.12. The lowest BCUT2D eigenvalue weighted by atomic mass is 9.89. The molecule has 0 bridgehead atoms. The molecule has 0 aliphatic carbocycles. The Bertz CT molecular complexity index is 980. The largest absolute Gasteiger partial charge is 0.381 e. The van der Waals surface area contributed by atoms with Gasteiger partial charge in [-0.25, -0.2) is 4.98 Å². The first-order valence-electron chi connectivity index (χ1n) is 8.86. The summed E-state index contributed by atoms with van der Waals surface area (Å²) in [5.41, 5.74) is 9.78. The van der Waals surface area contributed by atoms with Crippen molar-refractivity contribution in [2.24, 2.45) is 5.73 Å². The Morgan fingerprint density at radius 2 is 1.93 bits per heavy atom. The van der Waals surface area contributed by atoms with Gasteiger partial charge in [0.05, 0.1) is 5.69 Å². The van der Waals surface area contributed by atoms with Gasteiger partial charge in [0.15, 0.2) is 0 Å². The maximum Gasteiger partial charge on any atom is 0.249 e. The van der Waals surface area contributed by atoms with E-state index in [9.17, 15) is 4.79 Å². The molecule has 1 saturated heterocycles. The number of hydrogen-bond donors (Lipinski definition) is 1. The van der Waals surface area contributed by atoms with Crippen LogP contribution in [0.25, 0.3) is 21.8 Å². The first kappa shape index (κ1) is 18.2. The van der Waals surface area contributed by atoms with Crippen molar-refractivity contribution in [2.45, 2.75) is 18.8 Å². The SMILES string of the molecule is NC(=O)c1ccc(C2CCOCC2)cc1-c1nc(-c2ccccc2Cl)cs1. The lowest BCUT2D eigenvalue weighted by molar-refractivity contribution is 0.0853. The first-order chi connectivity index (χ1) is 13.1. The second kappa shape index (κ2) is 7.80. The molecule has 1 fully saturated rings. The second-order valence-electron chi connectivity index (χ2n) is 6.57. The van der Waals surface area contributed by atoms with Gasteiger partial charge in [0, 0.05) is 40.3 Å². The van der Waals surface area contributed by atoms with Gasteiger partial charge in [0.2, 0.25) is 5.91 Å². The average molecular weight is 399 g/mol. The van der Waals surface area contributed by atoms with Gasteiger partial charge in [0.25, 0.3) is 0 Å². The summed E-state index contributed by atoms with van der Waals surface area (Å²) in [6.07, 6.45) is 1.97.